The van der Waals surface area contributed by atoms with Crippen LogP contribution in [0, 0.1) is 0 Å². The van der Waals surface area contributed by atoms with E-state index in [1.807, 2.05) is 0 Å². The molecule has 0 aromatic heterocycles. The summed E-state index contributed by atoms with van der Waals surface area (Å²) in [5, 5.41) is 36.1. The summed E-state index contributed by atoms with van der Waals surface area (Å²) in [5.41, 5.74) is -4.17. The van der Waals surface area contributed by atoms with E-state index in [2.05, 4.69) is 0 Å². The van der Waals surface area contributed by atoms with Crippen molar-refractivity contribution in [3.05, 3.63) is 0 Å². The highest BCUT2D eigenvalue weighted by Gasteiger charge is 2.59. The van der Waals surface area contributed by atoms with Gasteiger partial charge in [0.25, 0.3) is 0 Å². The Bertz CT molecular complexity index is 406. The second kappa shape index (κ2) is 6.71. The average Bonchev–Trinajstić information content (AvgIpc) is 2.29. The van der Waals surface area contributed by atoms with Gasteiger partial charge in [0.05, 0.1) is 38.9 Å². The lowest BCUT2D eigenvalue weighted by molar-refractivity contribution is -0.270. The van der Waals surface area contributed by atoms with E-state index in [4.69, 9.17) is 29.9 Å². The number of carboxylic acids is 4. The van der Waals surface area contributed by atoms with Crippen LogP contribution in [0.15, 0.2) is 0 Å². The first kappa shape index (κ1) is 17.9. The summed E-state index contributed by atoms with van der Waals surface area (Å²) in [6.45, 7) is -0.330. The molecule has 0 aromatic rings. The Balaban J connectivity index is 3.39. The molecule has 0 unspecified atom stereocenters. The maximum absolute atomic E-state index is 11.1. The van der Waals surface area contributed by atoms with Crippen molar-refractivity contribution in [2.75, 3.05) is 13.2 Å². The quantitative estimate of drug-likeness (QED) is 0.453. The van der Waals surface area contributed by atoms with Gasteiger partial charge in [0.15, 0.2) is 0 Å². The summed E-state index contributed by atoms with van der Waals surface area (Å²) >= 11 is 0. The molecular formula is C12H16O10. The van der Waals surface area contributed by atoms with Crippen LogP contribution >= 0.6 is 0 Å². The lowest BCUT2D eigenvalue weighted by atomic mass is 9.72. The van der Waals surface area contributed by atoms with Crippen molar-refractivity contribution in [1.82, 2.24) is 0 Å². The minimum Gasteiger partial charge on any atom is -0.481 e. The molecule has 1 aliphatic rings. The number of carboxylic acid groups (broad SMARTS) is 4. The zero-order valence-corrected chi connectivity index (χ0v) is 11.5. The van der Waals surface area contributed by atoms with Gasteiger partial charge in [0, 0.05) is 0 Å². The van der Waals surface area contributed by atoms with Crippen molar-refractivity contribution in [1.29, 1.82) is 0 Å². The molecule has 0 aliphatic carbocycles. The largest absolute Gasteiger partial charge is 0.481 e. The van der Waals surface area contributed by atoms with Crippen molar-refractivity contribution in [3.63, 3.8) is 0 Å². The minimum absolute atomic E-state index is 0.165. The van der Waals surface area contributed by atoms with Gasteiger partial charge in [-0.05, 0) is 0 Å². The molecule has 0 aromatic carbocycles. The molecule has 1 aliphatic heterocycles. The summed E-state index contributed by atoms with van der Waals surface area (Å²) in [6.07, 6.45) is -3.56. The van der Waals surface area contributed by atoms with E-state index in [0.29, 0.717) is 0 Å². The van der Waals surface area contributed by atoms with E-state index in [0.717, 1.165) is 0 Å². The Morgan fingerprint density at radius 3 is 1.05 bits per heavy atom. The second-order valence-corrected chi connectivity index (χ2v) is 4.97. The summed E-state index contributed by atoms with van der Waals surface area (Å²) in [6, 6.07) is 0. The van der Waals surface area contributed by atoms with Crippen molar-refractivity contribution < 1.29 is 49.1 Å². The van der Waals surface area contributed by atoms with Crippen molar-refractivity contribution in [3.8, 4) is 0 Å². The zero-order chi connectivity index (χ0) is 17.0. The monoisotopic (exact) mass is 320 g/mol. The van der Waals surface area contributed by atoms with Crippen LogP contribution < -0.4 is 0 Å². The highest BCUT2D eigenvalue weighted by Crippen LogP contribution is 2.44. The number of hydrogen-bond acceptors (Lipinski definition) is 6. The molecule has 0 bridgehead atoms. The number of rotatable bonds is 8. The molecule has 1 rings (SSSR count). The third kappa shape index (κ3) is 3.92. The fraction of sp³-hybridized carbons (Fsp3) is 0.667. The maximum atomic E-state index is 11.1. The molecule has 1 saturated heterocycles. The number of aliphatic carboxylic acids is 4. The van der Waals surface area contributed by atoms with E-state index in [-0.39, 0.29) is 13.2 Å². The Morgan fingerprint density at radius 2 is 0.864 bits per heavy atom. The fourth-order valence-corrected chi connectivity index (χ4v) is 2.69. The first-order valence-electron chi connectivity index (χ1n) is 6.27. The van der Waals surface area contributed by atoms with E-state index in [1.165, 1.54) is 0 Å². The van der Waals surface area contributed by atoms with Gasteiger partial charge in [-0.15, -0.1) is 0 Å². The third-order valence-electron chi connectivity index (χ3n) is 3.42. The van der Waals surface area contributed by atoms with E-state index >= 15 is 0 Å². The molecular weight excluding hydrogens is 304 g/mol. The van der Waals surface area contributed by atoms with Crippen LogP contribution in [0.2, 0.25) is 0 Å². The molecule has 0 spiro atoms. The fourth-order valence-electron chi connectivity index (χ4n) is 2.69. The predicted octanol–water partition coefficient (Wildman–Crippen LogP) is -0.590. The van der Waals surface area contributed by atoms with Gasteiger partial charge in [-0.25, -0.2) is 0 Å². The van der Waals surface area contributed by atoms with Crippen molar-refractivity contribution >= 4 is 23.9 Å². The van der Waals surface area contributed by atoms with Gasteiger partial charge in [-0.3, -0.25) is 19.2 Å². The van der Waals surface area contributed by atoms with Crippen LogP contribution in [0.25, 0.3) is 0 Å². The zero-order valence-electron chi connectivity index (χ0n) is 11.5. The first-order chi connectivity index (χ1) is 10.1. The molecule has 10 nitrogen and oxygen atoms in total. The SMILES string of the molecule is O=C(O)CC1(CC(=O)O)OCCOC1(CC(=O)O)CC(=O)O. The molecule has 0 saturated carbocycles. The molecule has 1 heterocycles. The normalized spacial score (nSPS) is 19.3. The molecule has 0 amide bonds. The van der Waals surface area contributed by atoms with Crippen LogP contribution in [0.1, 0.15) is 25.7 Å². The van der Waals surface area contributed by atoms with Crippen LogP contribution in [-0.2, 0) is 28.7 Å². The Hall–Kier alpha value is -2.20. The average molecular weight is 320 g/mol. The molecule has 22 heavy (non-hydrogen) atoms. The highest BCUT2D eigenvalue weighted by atomic mass is 16.6. The van der Waals surface area contributed by atoms with Gasteiger partial charge in [0.1, 0.15) is 11.2 Å². The molecule has 10 heteroatoms. The molecule has 0 radical (unpaired) electrons. The van der Waals surface area contributed by atoms with Crippen LogP contribution in [-0.4, -0.2) is 68.7 Å². The van der Waals surface area contributed by atoms with Gasteiger partial charge in [-0.1, -0.05) is 0 Å². The Labute approximate surface area is 124 Å². The number of hydrogen-bond donors (Lipinski definition) is 4. The van der Waals surface area contributed by atoms with Crippen LogP contribution in [0.3, 0.4) is 0 Å². The van der Waals surface area contributed by atoms with Gasteiger partial charge in [-0.2, -0.15) is 0 Å². The molecule has 1 fully saturated rings. The van der Waals surface area contributed by atoms with Crippen molar-refractivity contribution in [2.45, 2.75) is 36.9 Å². The summed E-state index contributed by atoms with van der Waals surface area (Å²) in [5.74, 6) is -5.81. The smallest absolute Gasteiger partial charge is 0.306 e. The first-order valence-corrected chi connectivity index (χ1v) is 6.27. The van der Waals surface area contributed by atoms with Gasteiger partial charge < -0.3 is 29.9 Å². The summed E-state index contributed by atoms with van der Waals surface area (Å²) in [4.78, 5) is 44.4. The van der Waals surface area contributed by atoms with E-state index < -0.39 is 60.8 Å². The Kier molecular flexibility index (Phi) is 5.44. The molecule has 124 valence electrons. The second-order valence-electron chi connectivity index (χ2n) is 4.97. The molecule has 0 atom stereocenters. The van der Waals surface area contributed by atoms with Crippen LogP contribution in [0.5, 0.6) is 0 Å². The predicted molar refractivity (Wildman–Crippen MR) is 66.4 cm³/mol. The van der Waals surface area contributed by atoms with E-state index in [1.54, 1.807) is 0 Å². The van der Waals surface area contributed by atoms with Gasteiger partial charge >= 0.3 is 23.9 Å². The highest BCUT2D eigenvalue weighted by molar-refractivity contribution is 5.77. The topological polar surface area (TPSA) is 168 Å². The lowest BCUT2D eigenvalue weighted by Crippen LogP contribution is -2.64. The summed E-state index contributed by atoms with van der Waals surface area (Å²) < 4.78 is 10.6. The molecule has 4 N–H and O–H groups in total. The van der Waals surface area contributed by atoms with E-state index in [9.17, 15) is 19.2 Å². The number of ether oxygens (including phenoxy) is 2. The maximum Gasteiger partial charge on any atom is 0.306 e. The lowest BCUT2D eigenvalue weighted by Gasteiger charge is -2.50. The standard InChI is InChI=1S/C12H16O10/c13-7(14)3-11(4-8(15)16)12(5-9(17)18,6-10(19)20)22-2-1-21-11/h1-6H2,(H,13,14)(H,15,16)(H,17,18)(H,19,20). The van der Waals surface area contributed by atoms with Crippen molar-refractivity contribution in [2.24, 2.45) is 0 Å². The third-order valence-corrected chi connectivity index (χ3v) is 3.42. The van der Waals surface area contributed by atoms with Gasteiger partial charge in [0.2, 0.25) is 0 Å². The minimum atomic E-state index is -2.08. The number of carbonyl (C=O) groups is 4. The summed E-state index contributed by atoms with van der Waals surface area (Å²) in [7, 11) is 0. The van der Waals surface area contributed by atoms with Crippen LogP contribution in [0.4, 0.5) is 0 Å². The Morgan fingerprint density at radius 1 is 0.636 bits per heavy atom.